The van der Waals surface area contributed by atoms with Crippen molar-refractivity contribution in [2.24, 2.45) is 5.41 Å². The lowest BCUT2D eigenvalue weighted by Gasteiger charge is -2.30. The highest BCUT2D eigenvalue weighted by molar-refractivity contribution is 5.31. The van der Waals surface area contributed by atoms with Crippen LogP contribution in [0.2, 0.25) is 0 Å². The van der Waals surface area contributed by atoms with Gasteiger partial charge >= 0.3 is 0 Å². The lowest BCUT2D eigenvalue weighted by Crippen LogP contribution is -2.43. The number of hydrogen-bond acceptors (Lipinski definition) is 3. The summed E-state index contributed by atoms with van der Waals surface area (Å²) in [4.78, 5) is 0. The molecule has 0 fully saturated rings. The molecule has 1 aromatic carbocycles. The SMILES string of the molecule is CCOc1ccc(OCC(C)(C)CNC(C)(C)C)cc1. The molecule has 0 aliphatic rings. The van der Waals surface area contributed by atoms with Gasteiger partial charge in [0.05, 0.1) is 13.2 Å². The molecule has 0 saturated carbocycles. The van der Waals surface area contributed by atoms with Crippen molar-refractivity contribution in [2.75, 3.05) is 19.8 Å². The van der Waals surface area contributed by atoms with E-state index in [0.29, 0.717) is 13.2 Å². The highest BCUT2D eigenvalue weighted by Crippen LogP contribution is 2.21. The molecule has 20 heavy (non-hydrogen) atoms. The number of rotatable bonds is 7. The van der Waals surface area contributed by atoms with Crippen LogP contribution >= 0.6 is 0 Å². The lowest BCUT2D eigenvalue weighted by molar-refractivity contribution is 0.165. The quantitative estimate of drug-likeness (QED) is 0.821. The molecule has 0 aromatic heterocycles. The Labute approximate surface area is 123 Å². The second-order valence-electron chi connectivity index (χ2n) is 6.96. The van der Waals surface area contributed by atoms with Crippen LogP contribution in [0.5, 0.6) is 11.5 Å². The van der Waals surface area contributed by atoms with Crippen molar-refractivity contribution in [3.05, 3.63) is 24.3 Å². The second-order valence-corrected chi connectivity index (χ2v) is 6.96. The molecular formula is C17H29NO2. The van der Waals surface area contributed by atoms with Crippen LogP contribution in [0, 0.1) is 5.41 Å². The Hall–Kier alpha value is -1.22. The molecule has 0 radical (unpaired) electrons. The van der Waals surface area contributed by atoms with Gasteiger partial charge in [0.2, 0.25) is 0 Å². The standard InChI is InChI=1S/C17H29NO2/c1-7-19-14-8-10-15(11-9-14)20-13-17(5,6)12-18-16(2,3)4/h8-11,18H,7,12-13H2,1-6H3. The van der Waals surface area contributed by atoms with Gasteiger partial charge in [0.15, 0.2) is 0 Å². The molecule has 114 valence electrons. The average molecular weight is 279 g/mol. The predicted octanol–water partition coefficient (Wildman–Crippen LogP) is 3.88. The van der Waals surface area contributed by atoms with E-state index in [9.17, 15) is 0 Å². The first-order valence-corrected chi connectivity index (χ1v) is 7.32. The minimum atomic E-state index is 0.0892. The maximum atomic E-state index is 5.87. The van der Waals surface area contributed by atoms with Crippen molar-refractivity contribution in [1.82, 2.24) is 5.32 Å². The number of nitrogens with one attached hydrogen (secondary N) is 1. The topological polar surface area (TPSA) is 30.5 Å². The van der Waals surface area contributed by atoms with Crippen molar-refractivity contribution in [2.45, 2.75) is 47.1 Å². The number of ether oxygens (including phenoxy) is 2. The predicted molar refractivity (Wildman–Crippen MR) is 84.6 cm³/mol. The Balaban J connectivity index is 2.44. The summed E-state index contributed by atoms with van der Waals surface area (Å²) in [6.07, 6.45) is 0. The first-order valence-electron chi connectivity index (χ1n) is 7.32. The Bertz CT molecular complexity index is 390. The van der Waals surface area contributed by atoms with Crippen molar-refractivity contribution in [3.8, 4) is 11.5 Å². The summed E-state index contributed by atoms with van der Waals surface area (Å²) in [6.45, 7) is 15.2. The monoisotopic (exact) mass is 279 g/mol. The van der Waals surface area contributed by atoms with Crippen molar-refractivity contribution < 1.29 is 9.47 Å². The van der Waals surface area contributed by atoms with Gasteiger partial charge in [-0.3, -0.25) is 0 Å². The first kappa shape index (κ1) is 16.8. The maximum Gasteiger partial charge on any atom is 0.119 e. The summed E-state index contributed by atoms with van der Waals surface area (Å²) < 4.78 is 11.3. The van der Waals surface area contributed by atoms with E-state index in [4.69, 9.17) is 9.47 Å². The molecule has 0 atom stereocenters. The summed E-state index contributed by atoms with van der Waals surface area (Å²) in [5.41, 5.74) is 0.224. The van der Waals surface area contributed by atoms with Crippen LogP contribution in [-0.4, -0.2) is 25.3 Å². The van der Waals surface area contributed by atoms with E-state index < -0.39 is 0 Å². The van der Waals surface area contributed by atoms with E-state index in [1.165, 1.54) is 0 Å². The minimum absolute atomic E-state index is 0.0892. The smallest absolute Gasteiger partial charge is 0.119 e. The Morgan fingerprint density at radius 3 is 1.85 bits per heavy atom. The second kappa shape index (κ2) is 6.98. The summed E-state index contributed by atoms with van der Waals surface area (Å²) >= 11 is 0. The van der Waals surface area contributed by atoms with E-state index in [0.717, 1.165) is 18.0 Å². The third-order valence-electron chi connectivity index (χ3n) is 2.86. The number of hydrogen-bond donors (Lipinski definition) is 1. The van der Waals surface area contributed by atoms with Crippen LogP contribution in [0.25, 0.3) is 0 Å². The van der Waals surface area contributed by atoms with Crippen LogP contribution in [-0.2, 0) is 0 Å². The maximum absolute atomic E-state index is 5.87. The van der Waals surface area contributed by atoms with Crippen LogP contribution in [0.4, 0.5) is 0 Å². The van der Waals surface area contributed by atoms with Gasteiger partial charge in [0.1, 0.15) is 11.5 Å². The van der Waals surface area contributed by atoms with E-state index >= 15 is 0 Å². The van der Waals surface area contributed by atoms with E-state index in [-0.39, 0.29) is 11.0 Å². The summed E-state index contributed by atoms with van der Waals surface area (Å²) in [5.74, 6) is 1.77. The molecule has 0 unspecified atom stereocenters. The molecule has 0 spiro atoms. The Kier molecular flexibility index (Phi) is 5.88. The molecule has 1 N–H and O–H groups in total. The fourth-order valence-electron chi connectivity index (χ4n) is 1.63. The molecule has 0 heterocycles. The van der Waals surface area contributed by atoms with Crippen LogP contribution in [0.3, 0.4) is 0 Å². The molecule has 1 rings (SSSR count). The summed E-state index contributed by atoms with van der Waals surface area (Å²) in [6, 6.07) is 7.80. The molecule has 3 heteroatoms. The van der Waals surface area contributed by atoms with Crippen molar-refractivity contribution >= 4 is 0 Å². The number of benzene rings is 1. The van der Waals surface area contributed by atoms with E-state index in [2.05, 4.69) is 39.9 Å². The normalized spacial score (nSPS) is 12.3. The van der Waals surface area contributed by atoms with E-state index in [1.54, 1.807) is 0 Å². The molecule has 0 aliphatic carbocycles. The zero-order valence-corrected chi connectivity index (χ0v) is 13.7. The fourth-order valence-corrected chi connectivity index (χ4v) is 1.63. The molecule has 3 nitrogen and oxygen atoms in total. The van der Waals surface area contributed by atoms with Gasteiger partial charge in [-0.25, -0.2) is 0 Å². The average Bonchev–Trinajstić information content (AvgIpc) is 2.36. The zero-order valence-electron chi connectivity index (χ0n) is 13.7. The minimum Gasteiger partial charge on any atom is -0.494 e. The molecular weight excluding hydrogens is 250 g/mol. The third kappa shape index (κ3) is 6.80. The van der Waals surface area contributed by atoms with Crippen LogP contribution in [0.15, 0.2) is 24.3 Å². The fraction of sp³-hybridized carbons (Fsp3) is 0.647. The Morgan fingerprint density at radius 2 is 1.40 bits per heavy atom. The molecule has 0 aliphatic heterocycles. The van der Waals surface area contributed by atoms with Gasteiger partial charge in [0.25, 0.3) is 0 Å². The molecule has 0 amide bonds. The largest absolute Gasteiger partial charge is 0.494 e. The van der Waals surface area contributed by atoms with Crippen LogP contribution < -0.4 is 14.8 Å². The zero-order chi connectivity index (χ0) is 15.2. The van der Waals surface area contributed by atoms with Crippen molar-refractivity contribution in [3.63, 3.8) is 0 Å². The summed E-state index contributed by atoms with van der Waals surface area (Å²) in [5, 5.41) is 3.52. The molecule has 0 bridgehead atoms. The van der Waals surface area contributed by atoms with Crippen molar-refractivity contribution in [1.29, 1.82) is 0 Å². The van der Waals surface area contributed by atoms with Gasteiger partial charge in [-0.1, -0.05) is 13.8 Å². The van der Waals surface area contributed by atoms with Gasteiger partial charge in [-0.2, -0.15) is 0 Å². The lowest BCUT2D eigenvalue weighted by atomic mass is 9.93. The highest BCUT2D eigenvalue weighted by Gasteiger charge is 2.21. The van der Waals surface area contributed by atoms with Gasteiger partial charge in [-0.15, -0.1) is 0 Å². The Morgan fingerprint density at radius 1 is 0.900 bits per heavy atom. The summed E-state index contributed by atoms with van der Waals surface area (Å²) in [7, 11) is 0. The van der Waals surface area contributed by atoms with Gasteiger partial charge < -0.3 is 14.8 Å². The van der Waals surface area contributed by atoms with Gasteiger partial charge in [-0.05, 0) is 52.0 Å². The first-order chi connectivity index (χ1) is 9.22. The van der Waals surface area contributed by atoms with Gasteiger partial charge in [0, 0.05) is 17.5 Å². The molecule has 0 saturated heterocycles. The van der Waals surface area contributed by atoms with E-state index in [1.807, 2.05) is 31.2 Å². The highest BCUT2D eigenvalue weighted by atomic mass is 16.5. The molecule has 1 aromatic rings. The van der Waals surface area contributed by atoms with Crippen LogP contribution in [0.1, 0.15) is 41.5 Å². The third-order valence-corrected chi connectivity index (χ3v) is 2.86.